The first-order valence-corrected chi connectivity index (χ1v) is 27.4. The van der Waals surface area contributed by atoms with Gasteiger partial charge in [0.2, 0.25) is 0 Å². The van der Waals surface area contributed by atoms with Crippen molar-refractivity contribution in [1.29, 1.82) is 0 Å². The molecule has 0 saturated heterocycles. The number of carbonyl (C=O) groups is 3. The highest BCUT2D eigenvalue weighted by Crippen LogP contribution is 2.14. The lowest BCUT2D eigenvalue weighted by Crippen LogP contribution is -2.30. The van der Waals surface area contributed by atoms with E-state index in [9.17, 15) is 14.4 Å². The summed E-state index contributed by atoms with van der Waals surface area (Å²) >= 11 is 0. The molecule has 0 heterocycles. The Labute approximate surface area is 412 Å². The lowest BCUT2D eigenvalue weighted by Gasteiger charge is -2.18. The molecule has 0 rings (SSSR count). The van der Waals surface area contributed by atoms with Gasteiger partial charge < -0.3 is 14.2 Å². The molecule has 0 bridgehead atoms. The molecular formula is C61H100O6. The molecule has 0 aliphatic carbocycles. The Morgan fingerprint density at radius 3 is 0.985 bits per heavy atom. The van der Waals surface area contributed by atoms with Crippen LogP contribution in [0.5, 0.6) is 0 Å². The minimum absolute atomic E-state index is 0.110. The highest BCUT2D eigenvalue weighted by atomic mass is 16.6. The van der Waals surface area contributed by atoms with Crippen LogP contribution >= 0.6 is 0 Å². The van der Waals surface area contributed by atoms with Gasteiger partial charge in [0.1, 0.15) is 13.2 Å². The van der Waals surface area contributed by atoms with Crippen LogP contribution in [0.3, 0.4) is 0 Å². The number of carbonyl (C=O) groups excluding carboxylic acids is 3. The maximum absolute atomic E-state index is 12.8. The van der Waals surface area contributed by atoms with Crippen LogP contribution in [0.1, 0.15) is 239 Å². The molecule has 0 aliphatic heterocycles. The van der Waals surface area contributed by atoms with E-state index in [1.807, 2.05) is 0 Å². The first kappa shape index (κ1) is 63.1. The fraction of sp³-hybridized carbons (Fsp3) is 0.656. The van der Waals surface area contributed by atoms with Crippen LogP contribution in [0.15, 0.2) is 109 Å². The Morgan fingerprint density at radius 2 is 0.597 bits per heavy atom. The van der Waals surface area contributed by atoms with Crippen molar-refractivity contribution < 1.29 is 28.6 Å². The molecule has 0 radical (unpaired) electrons. The molecule has 67 heavy (non-hydrogen) atoms. The molecule has 0 aliphatic rings. The zero-order valence-corrected chi connectivity index (χ0v) is 43.4. The number of ether oxygens (including phenoxy) is 3. The quantitative estimate of drug-likeness (QED) is 0.0262. The van der Waals surface area contributed by atoms with E-state index in [1.165, 1.54) is 89.9 Å². The van der Waals surface area contributed by atoms with Gasteiger partial charge in [-0.2, -0.15) is 0 Å². The molecule has 0 amide bonds. The predicted molar refractivity (Wildman–Crippen MR) is 288 cm³/mol. The van der Waals surface area contributed by atoms with Crippen molar-refractivity contribution in [3.63, 3.8) is 0 Å². The first-order valence-electron chi connectivity index (χ1n) is 27.4. The highest BCUT2D eigenvalue weighted by Gasteiger charge is 2.19. The van der Waals surface area contributed by atoms with Gasteiger partial charge in [-0.15, -0.1) is 0 Å². The van der Waals surface area contributed by atoms with Gasteiger partial charge in [-0.05, 0) is 103 Å². The number of rotatable bonds is 48. The van der Waals surface area contributed by atoms with Crippen LogP contribution in [0.2, 0.25) is 0 Å². The fourth-order valence-electron chi connectivity index (χ4n) is 7.17. The van der Waals surface area contributed by atoms with Crippen molar-refractivity contribution in [2.45, 2.75) is 245 Å². The predicted octanol–water partition coefficient (Wildman–Crippen LogP) is 18.3. The standard InChI is InChI=1S/C61H100O6/c1-4-7-10-13-16-19-22-25-27-29-30-32-33-36-39-42-45-48-51-54-60(63)66-57-58(56-65-59(62)53-50-47-44-41-38-35-24-21-18-15-12-9-6-3)67-61(64)55-52-49-46-43-40-37-34-31-28-26-23-20-17-14-11-8-5-2/h7,10,16-17,19-20,25-28,30,32,34,36-37,39,43,46,58H,4-6,8-9,11-15,18,21-24,29,31,33,35,38,40-42,44-45,47-57H2,1-3H3/b10-7-,19-16-,20-17-,27-25-,28-26-,32-30-,37-34-,39-36-,46-43-/t58-/m1/s1. The lowest BCUT2D eigenvalue weighted by molar-refractivity contribution is -0.167. The maximum atomic E-state index is 12.8. The molecule has 6 nitrogen and oxygen atoms in total. The summed E-state index contributed by atoms with van der Waals surface area (Å²) in [5, 5.41) is 0. The number of esters is 3. The second kappa shape index (κ2) is 54.7. The molecule has 0 unspecified atom stereocenters. The second-order valence-electron chi connectivity index (χ2n) is 17.8. The highest BCUT2D eigenvalue weighted by molar-refractivity contribution is 5.71. The topological polar surface area (TPSA) is 78.9 Å². The van der Waals surface area contributed by atoms with Gasteiger partial charge in [0.25, 0.3) is 0 Å². The molecule has 0 N–H and O–H groups in total. The number of hydrogen-bond acceptors (Lipinski definition) is 6. The Bertz CT molecular complexity index is 1390. The van der Waals surface area contributed by atoms with Crippen LogP contribution in [0.25, 0.3) is 0 Å². The van der Waals surface area contributed by atoms with E-state index in [4.69, 9.17) is 14.2 Å². The molecule has 0 aromatic heterocycles. The summed E-state index contributed by atoms with van der Waals surface area (Å²) in [6.07, 6.45) is 73.6. The Morgan fingerprint density at radius 1 is 0.313 bits per heavy atom. The van der Waals surface area contributed by atoms with E-state index in [-0.39, 0.29) is 37.5 Å². The van der Waals surface area contributed by atoms with Gasteiger partial charge in [0.05, 0.1) is 0 Å². The van der Waals surface area contributed by atoms with Crippen molar-refractivity contribution in [3.05, 3.63) is 109 Å². The van der Waals surface area contributed by atoms with Crippen LogP contribution in [-0.4, -0.2) is 37.2 Å². The fourth-order valence-corrected chi connectivity index (χ4v) is 7.17. The largest absolute Gasteiger partial charge is 0.462 e. The average Bonchev–Trinajstić information content (AvgIpc) is 3.33. The van der Waals surface area contributed by atoms with Gasteiger partial charge in [0.15, 0.2) is 6.10 Å². The summed E-state index contributed by atoms with van der Waals surface area (Å²) in [7, 11) is 0. The lowest BCUT2D eigenvalue weighted by atomic mass is 10.0. The van der Waals surface area contributed by atoms with Crippen LogP contribution < -0.4 is 0 Å². The minimum Gasteiger partial charge on any atom is -0.462 e. The van der Waals surface area contributed by atoms with Crippen molar-refractivity contribution in [1.82, 2.24) is 0 Å². The smallest absolute Gasteiger partial charge is 0.306 e. The summed E-state index contributed by atoms with van der Waals surface area (Å²) in [5.41, 5.74) is 0. The monoisotopic (exact) mass is 929 g/mol. The van der Waals surface area contributed by atoms with Crippen LogP contribution in [0.4, 0.5) is 0 Å². The summed E-state index contributed by atoms with van der Waals surface area (Å²) in [4.78, 5) is 38.1. The zero-order chi connectivity index (χ0) is 48.6. The van der Waals surface area contributed by atoms with Crippen LogP contribution in [-0.2, 0) is 28.6 Å². The number of allylic oxidation sites excluding steroid dienone is 18. The molecule has 0 aromatic rings. The summed E-state index contributed by atoms with van der Waals surface area (Å²) in [6, 6.07) is 0. The summed E-state index contributed by atoms with van der Waals surface area (Å²) < 4.78 is 16.8. The molecule has 0 aromatic carbocycles. The third-order valence-corrected chi connectivity index (χ3v) is 11.3. The van der Waals surface area contributed by atoms with Gasteiger partial charge in [-0.3, -0.25) is 14.4 Å². The normalized spacial score (nSPS) is 12.9. The molecule has 1 atom stereocenters. The van der Waals surface area contributed by atoms with Crippen molar-refractivity contribution in [3.8, 4) is 0 Å². The van der Waals surface area contributed by atoms with Gasteiger partial charge in [0, 0.05) is 19.3 Å². The second-order valence-corrected chi connectivity index (χ2v) is 17.8. The van der Waals surface area contributed by atoms with E-state index in [0.29, 0.717) is 19.3 Å². The SMILES string of the molecule is CC/C=C\C/C=C\C/C=C\C/C=C\C/C=C\CCCCCC(=O)OC[C@@H](COC(=O)CCCCCCCCCCCCCCC)OC(=O)CCC/C=C\C/C=C\C/C=C\C/C=C\CCCCC. The number of unbranched alkanes of at least 4 members (excludes halogenated alkanes) is 19. The van der Waals surface area contributed by atoms with E-state index in [1.54, 1.807) is 0 Å². The van der Waals surface area contributed by atoms with Gasteiger partial charge >= 0.3 is 17.9 Å². The van der Waals surface area contributed by atoms with Crippen molar-refractivity contribution in [2.75, 3.05) is 13.2 Å². The van der Waals surface area contributed by atoms with Gasteiger partial charge in [-0.25, -0.2) is 0 Å². The van der Waals surface area contributed by atoms with Crippen molar-refractivity contribution in [2.24, 2.45) is 0 Å². The van der Waals surface area contributed by atoms with E-state index in [0.717, 1.165) is 103 Å². The number of hydrogen-bond donors (Lipinski definition) is 0. The van der Waals surface area contributed by atoms with E-state index in [2.05, 4.69) is 130 Å². The Kier molecular flexibility index (Phi) is 51.5. The Balaban J connectivity index is 4.54. The van der Waals surface area contributed by atoms with Crippen molar-refractivity contribution >= 4 is 17.9 Å². The van der Waals surface area contributed by atoms with Crippen LogP contribution in [0, 0.1) is 0 Å². The molecule has 0 spiro atoms. The average molecular weight is 929 g/mol. The van der Waals surface area contributed by atoms with E-state index >= 15 is 0 Å². The molecule has 6 heteroatoms. The first-order chi connectivity index (χ1) is 33.0. The zero-order valence-electron chi connectivity index (χ0n) is 43.4. The molecule has 380 valence electrons. The summed E-state index contributed by atoms with van der Waals surface area (Å²) in [5.74, 6) is -1.00. The third kappa shape index (κ3) is 52.9. The third-order valence-electron chi connectivity index (χ3n) is 11.3. The maximum Gasteiger partial charge on any atom is 0.306 e. The Hall–Kier alpha value is -3.93. The minimum atomic E-state index is -0.820. The molecular weight excluding hydrogens is 829 g/mol. The molecule has 0 fully saturated rings. The van der Waals surface area contributed by atoms with E-state index < -0.39 is 6.10 Å². The summed E-state index contributed by atoms with van der Waals surface area (Å²) in [6.45, 7) is 6.42. The van der Waals surface area contributed by atoms with Gasteiger partial charge in [-0.1, -0.05) is 226 Å². The molecule has 0 saturated carbocycles.